The Balaban J connectivity index is 2.20. The molecule has 2 bridgehead atoms. The molecule has 2 rings (SSSR count). The van der Waals surface area contributed by atoms with Gasteiger partial charge in [0.25, 0.3) is 0 Å². The minimum absolute atomic E-state index is 0.0360. The van der Waals surface area contributed by atoms with Crippen molar-refractivity contribution in [1.29, 1.82) is 0 Å². The maximum atomic E-state index is 12.7. The molecule has 4 atom stereocenters. The molecule has 0 radical (unpaired) electrons. The van der Waals surface area contributed by atoms with E-state index >= 15 is 0 Å². The number of aliphatic carboxylic acids is 1. The smallest absolute Gasteiger partial charge is 0.307 e. The second-order valence-corrected chi connectivity index (χ2v) is 6.42. The molecule has 0 aromatic heterocycles. The van der Waals surface area contributed by atoms with Gasteiger partial charge in [-0.25, -0.2) is 0 Å². The molecule has 2 aliphatic carbocycles. The van der Waals surface area contributed by atoms with Gasteiger partial charge in [0.1, 0.15) is 0 Å². The van der Waals surface area contributed by atoms with E-state index in [9.17, 15) is 19.5 Å². The van der Waals surface area contributed by atoms with Gasteiger partial charge in [0.05, 0.1) is 18.4 Å². The predicted octanol–water partition coefficient (Wildman–Crippen LogP) is 0.479. The monoisotopic (exact) mass is 294 g/mol. The van der Waals surface area contributed by atoms with Crippen LogP contribution in [0.1, 0.15) is 20.3 Å². The van der Waals surface area contributed by atoms with Crippen molar-refractivity contribution in [2.24, 2.45) is 35.3 Å². The summed E-state index contributed by atoms with van der Waals surface area (Å²) in [5.74, 6) is -2.95. The van der Waals surface area contributed by atoms with Crippen LogP contribution in [-0.4, -0.2) is 40.9 Å². The van der Waals surface area contributed by atoms with Crippen molar-refractivity contribution in [2.45, 2.75) is 20.3 Å². The lowest BCUT2D eigenvalue weighted by Gasteiger charge is -2.31. The highest BCUT2D eigenvalue weighted by molar-refractivity contribution is 5.89. The van der Waals surface area contributed by atoms with Crippen LogP contribution in [0, 0.1) is 29.6 Å². The normalized spacial score (nSPS) is 29.9. The second kappa shape index (κ2) is 5.87. The molecule has 21 heavy (non-hydrogen) atoms. The van der Waals surface area contributed by atoms with Crippen LogP contribution in [0.25, 0.3) is 0 Å². The highest BCUT2D eigenvalue weighted by atomic mass is 16.4. The summed E-state index contributed by atoms with van der Waals surface area (Å²) in [7, 11) is 0. The second-order valence-electron chi connectivity index (χ2n) is 6.42. The van der Waals surface area contributed by atoms with Gasteiger partial charge in [0.2, 0.25) is 11.8 Å². The Morgan fingerprint density at radius 1 is 1.24 bits per heavy atom. The van der Waals surface area contributed by atoms with E-state index < -0.39 is 23.7 Å². The number of carbonyl (C=O) groups is 3. The van der Waals surface area contributed by atoms with Crippen molar-refractivity contribution >= 4 is 17.8 Å². The minimum atomic E-state index is -0.936. The number of carbonyl (C=O) groups excluding carboxylic acids is 2. The first-order chi connectivity index (χ1) is 9.81. The lowest BCUT2D eigenvalue weighted by molar-refractivity contribution is -0.151. The fraction of sp³-hybridized carbons (Fsp3) is 0.667. The zero-order valence-corrected chi connectivity index (χ0v) is 12.4. The summed E-state index contributed by atoms with van der Waals surface area (Å²) < 4.78 is 0. The number of rotatable bonds is 6. The van der Waals surface area contributed by atoms with E-state index in [0.29, 0.717) is 13.0 Å². The van der Waals surface area contributed by atoms with Crippen LogP contribution in [-0.2, 0) is 14.4 Å². The number of primary amides is 1. The zero-order valence-electron chi connectivity index (χ0n) is 12.4. The fourth-order valence-electron chi connectivity index (χ4n) is 3.57. The van der Waals surface area contributed by atoms with E-state index in [-0.39, 0.29) is 30.2 Å². The topological polar surface area (TPSA) is 101 Å². The van der Waals surface area contributed by atoms with Crippen LogP contribution in [0.4, 0.5) is 0 Å². The van der Waals surface area contributed by atoms with E-state index in [1.807, 2.05) is 26.0 Å². The summed E-state index contributed by atoms with van der Waals surface area (Å²) in [6, 6.07) is 0. The quantitative estimate of drug-likeness (QED) is 0.696. The number of nitrogens with zero attached hydrogens (tertiary/aromatic N) is 1. The van der Waals surface area contributed by atoms with E-state index in [2.05, 4.69) is 0 Å². The van der Waals surface area contributed by atoms with Gasteiger partial charge in [-0.15, -0.1) is 0 Å². The van der Waals surface area contributed by atoms with Gasteiger partial charge in [0, 0.05) is 6.54 Å². The summed E-state index contributed by atoms with van der Waals surface area (Å²) in [5.41, 5.74) is 5.21. The highest BCUT2D eigenvalue weighted by Crippen LogP contribution is 2.48. The summed E-state index contributed by atoms with van der Waals surface area (Å²) in [6.07, 6.45) is 4.54. The lowest BCUT2D eigenvalue weighted by Crippen LogP contribution is -2.47. The van der Waals surface area contributed by atoms with Gasteiger partial charge >= 0.3 is 5.97 Å². The number of carboxylic acids is 1. The summed E-state index contributed by atoms with van der Waals surface area (Å²) >= 11 is 0. The molecule has 6 nitrogen and oxygen atoms in total. The largest absolute Gasteiger partial charge is 0.481 e. The average molecular weight is 294 g/mol. The van der Waals surface area contributed by atoms with Crippen molar-refractivity contribution in [1.82, 2.24) is 4.90 Å². The average Bonchev–Trinajstić information content (AvgIpc) is 2.95. The van der Waals surface area contributed by atoms with E-state index in [0.717, 1.165) is 0 Å². The maximum Gasteiger partial charge on any atom is 0.307 e. The van der Waals surface area contributed by atoms with Crippen molar-refractivity contribution in [3.8, 4) is 0 Å². The molecule has 0 aromatic rings. The third-order valence-corrected chi connectivity index (χ3v) is 4.27. The first-order valence-electron chi connectivity index (χ1n) is 7.29. The molecule has 0 heterocycles. The Bertz CT molecular complexity index is 486. The van der Waals surface area contributed by atoms with Crippen molar-refractivity contribution in [3.05, 3.63) is 12.2 Å². The Morgan fingerprint density at radius 2 is 1.81 bits per heavy atom. The number of amides is 2. The molecular formula is C15H22N2O4. The molecule has 0 aliphatic heterocycles. The van der Waals surface area contributed by atoms with Crippen LogP contribution in [0.5, 0.6) is 0 Å². The number of allylic oxidation sites excluding steroid dienone is 2. The fourth-order valence-corrected chi connectivity index (χ4v) is 3.57. The van der Waals surface area contributed by atoms with Crippen LogP contribution < -0.4 is 5.73 Å². The Kier molecular flexibility index (Phi) is 4.34. The van der Waals surface area contributed by atoms with Crippen LogP contribution in [0.3, 0.4) is 0 Å². The molecule has 4 unspecified atom stereocenters. The lowest BCUT2D eigenvalue weighted by atomic mass is 9.82. The van der Waals surface area contributed by atoms with Crippen molar-refractivity contribution in [2.75, 3.05) is 13.1 Å². The molecule has 0 saturated heterocycles. The van der Waals surface area contributed by atoms with E-state index in [1.165, 1.54) is 4.90 Å². The number of fused-ring (bicyclic) bond motifs is 2. The third kappa shape index (κ3) is 3.09. The molecular weight excluding hydrogens is 272 g/mol. The molecule has 2 amide bonds. The molecule has 3 N–H and O–H groups in total. The first-order valence-corrected chi connectivity index (χ1v) is 7.29. The minimum Gasteiger partial charge on any atom is -0.481 e. The number of nitrogens with two attached hydrogens (primary N) is 1. The van der Waals surface area contributed by atoms with Crippen LogP contribution >= 0.6 is 0 Å². The van der Waals surface area contributed by atoms with Gasteiger partial charge < -0.3 is 15.7 Å². The summed E-state index contributed by atoms with van der Waals surface area (Å²) in [4.78, 5) is 36.8. The van der Waals surface area contributed by atoms with Gasteiger partial charge in [-0.2, -0.15) is 0 Å². The van der Waals surface area contributed by atoms with Crippen molar-refractivity contribution < 1.29 is 19.5 Å². The van der Waals surface area contributed by atoms with Gasteiger partial charge in [0.15, 0.2) is 0 Å². The Hall–Kier alpha value is -1.85. The van der Waals surface area contributed by atoms with Gasteiger partial charge in [-0.05, 0) is 24.2 Å². The highest BCUT2D eigenvalue weighted by Gasteiger charge is 2.52. The summed E-state index contributed by atoms with van der Waals surface area (Å²) in [5, 5.41) is 9.40. The maximum absolute atomic E-state index is 12.7. The molecule has 6 heteroatoms. The Labute approximate surface area is 124 Å². The van der Waals surface area contributed by atoms with E-state index in [1.54, 1.807) is 0 Å². The SMILES string of the molecule is CC(C)CN(CC(N)=O)C(=O)C1C2C=CC(C2)C1C(=O)O. The first kappa shape index (κ1) is 15.5. The zero-order chi connectivity index (χ0) is 15.7. The molecule has 2 aliphatic rings. The molecule has 0 spiro atoms. The van der Waals surface area contributed by atoms with E-state index in [4.69, 9.17) is 5.73 Å². The van der Waals surface area contributed by atoms with Crippen LogP contribution in [0.15, 0.2) is 12.2 Å². The van der Waals surface area contributed by atoms with Gasteiger partial charge in [-0.3, -0.25) is 14.4 Å². The third-order valence-electron chi connectivity index (χ3n) is 4.27. The summed E-state index contributed by atoms with van der Waals surface area (Å²) in [6.45, 7) is 4.14. The predicted molar refractivity (Wildman–Crippen MR) is 76.0 cm³/mol. The molecule has 1 saturated carbocycles. The molecule has 1 fully saturated rings. The van der Waals surface area contributed by atoms with Crippen LogP contribution in [0.2, 0.25) is 0 Å². The standard InChI is InChI=1S/C15H22N2O4/c1-8(2)6-17(7-11(16)18)14(19)12-9-3-4-10(5-9)13(12)15(20)21/h3-4,8-10,12-13H,5-7H2,1-2H3,(H2,16,18)(H,20,21). The number of hydrogen-bond donors (Lipinski definition) is 2. The van der Waals surface area contributed by atoms with Gasteiger partial charge in [-0.1, -0.05) is 26.0 Å². The molecule has 116 valence electrons. The number of carboxylic acid groups (broad SMARTS) is 1. The Morgan fingerprint density at radius 3 is 2.29 bits per heavy atom. The van der Waals surface area contributed by atoms with Crippen molar-refractivity contribution in [3.63, 3.8) is 0 Å². The molecule has 0 aromatic carbocycles. The number of hydrogen-bond acceptors (Lipinski definition) is 3.